The topological polar surface area (TPSA) is 29.5 Å². The summed E-state index contributed by atoms with van der Waals surface area (Å²) in [5.41, 5.74) is 0. The average Bonchev–Trinajstić information content (AvgIpc) is 2.00. The zero-order chi connectivity index (χ0) is 8.15. The molecule has 0 fully saturated rings. The van der Waals surface area contributed by atoms with E-state index >= 15 is 0 Å². The second-order valence-electron chi connectivity index (χ2n) is 1.97. The molecule has 0 aliphatic rings. The first-order chi connectivity index (χ1) is 4.63. The Morgan fingerprint density at radius 1 is 1.80 bits per heavy atom. The largest absolute Gasteiger partial charge is 0.453 e. The molecule has 1 amide bonds. The molecule has 0 aliphatic heterocycles. The van der Waals surface area contributed by atoms with Crippen molar-refractivity contribution in [3.63, 3.8) is 0 Å². The molecular weight excluding hydrogens is 150 g/mol. The van der Waals surface area contributed by atoms with E-state index in [0.29, 0.717) is 0 Å². The number of carbonyl (C=O) groups excluding carboxylic acids is 1. The van der Waals surface area contributed by atoms with Gasteiger partial charge in [0.2, 0.25) is 0 Å². The van der Waals surface area contributed by atoms with Crippen LogP contribution in [0.3, 0.4) is 0 Å². The van der Waals surface area contributed by atoms with Crippen LogP contribution in [0, 0.1) is 0 Å². The lowest BCUT2D eigenvalue weighted by atomic mass is 10.4. The van der Waals surface area contributed by atoms with E-state index < -0.39 is 0 Å². The van der Waals surface area contributed by atoms with Gasteiger partial charge in [0.1, 0.15) is 0 Å². The third kappa shape index (κ3) is 2.47. The normalized spacial score (nSPS) is 12.4. The first-order valence-electron chi connectivity index (χ1n) is 3.12. The van der Waals surface area contributed by atoms with Crippen LogP contribution in [0.5, 0.6) is 0 Å². The molecule has 10 heavy (non-hydrogen) atoms. The molecule has 0 aromatic carbocycles. The molecule has 4 heteroatoms. The fourth-order valence-corrected chi connectivity index (χ4v) is 0.634. The van der Waals surface area contributed by atoms with Crippen LogP contribution in [0.15, 0.2) is 0 Å². The third-order valence-electron chi connectivity index (χ3n) is 1.27. The molecular formula is C6H13NO2S. The first-order valence-corrected chi connectivity index (χ1v) is 3.64. The van der Waals surface area contributed by atoms with Crippen LogP contribution in [-0.2, 0) is 4.74 Å². The Kier molecular flexibility index (Phi) is 4.27. The molecule has 0 heterocycles. The van der Waals surface area contributed by atoms with Gasteiger partial charge in [-0.2, -0.15) is 12.6 Å². The first kappa shape index (κ1) is 9.62. The minimum atomic E-state index is -0.346. The number of amides is 1. The SMILES string of the molecule is CCC(S)N(C)C(=O)OC. The Labute approximate surface area is 66.8 Å². The number of nitrogens with zero attached hydrogens (tertiary/aromatic N) is 1. The molecule has 0 spiro atoms. The van der Waals surface area contributed by atoms with E-state index in [-0.39, 0.29) is 11.5 Å². The van der Waals surface area contributed by atoms with Crippen molar-refractivity contribution in [2.75, 3.05) is 14.2 Å². The summed E-state index contributed by atoms with van der Waals surface area (Å²) in [6.45, 7) is 1.96. The highest BCUT2D eigenvalue weighted by atomic mass is 32.1. The average molecular weight is 163 g/mol. The van der Waals surface area contributed by atoms with Gasteiger partial charge in [0.05, 0.1) is 12.5 Å². The minimum Gasteiger partial charge on any atom is -0.453 e. The van der Waals surface area contributed by atoms with Crippen molar-refractivity contribution in [2.24, 2.45) is 0 Å². The highest BCUT2D eigenvalue weighted by Crippen LogP contribution is 2.06. The van der Waals surface area contributed by atoms with E-state index in [2.05, 4.69) is 17.4 Å². The van der Waals surface area contributed by atoms with Crippen LogP contribution in [0.4, 0.5) is 4.79 Å². The van der Waals surface area contributed by atoms with E-state index in [9.17, 15) is 4.79 Å². The van der Waals surface area contributed by atoms with Crippen molar-refractivity contribution in [3.8, 4) is 0 Å². The zero-order valence-corrected chi connectivity index (χ0v) is 7.39. The maximum absolute atomic E-state index is 10.8. The van der Waals surface area contributed by atoms with E-state index in [1.165, 1.54) is 12.0 Å². The van der Waals surface area contributed by atoms with Crippen LogP contribution in [0.1, 0.15) is 13.3 Å². The number of ether oxygens (including phenoxy) is 1. The fourth-order valence-electron chi connectivity index (χ4n) is 0.540. The number of hydrogen-bond acceptors (Lipinski definition) is 3. The Morgan fingerprint density at radius 3 is 2.60 bits per heavy atom. The molecule has 3 nitrogen and oxygen atoms in total. The summed E-state index contributed by atoms with van der Waals surface area (Å²) in [7, 11) is 3.02. The minimum absolute atomic E-state index is 0.0487. The van der Waals surface area contributed by atoms with Gasteiger partial charge >= 0.3 is 6.09 Å². The van der Waals surface area contributed by atoms with Crippen molar-refractivity contribution in [1.82, 2.24) is 4.90 Å². The third-order valence-corrected chi connectivity index (χ3v) is 1.99. The van der Waals surface area contributed by atoms with Gasteiger partial charge in [0.15, 0.2) is 0 Å². The lowest BCUT2D eigenvalue weighted by Crippen LogP contribution is -2.32. The van der Waals surface area contributed by atoms with Gasteiger partial charge in [-0.15, -0.1) is 0 Å². The predicted octanol–water partition coefficient (Wildman–Crippen LogP) is 1.35. The number of rotatable bonds is 2. The van der Waals surface area contributed by atoms with Gasteiger partial charge < -0.3 is 4.74 Å². The van der Waals surface area contributed by atoms with Crippen LogP contribution in [-0.4, -0.2) is 30.5 Å². The van der Waals surface area contributed by atoms with Gasteiger partial charge in [0, 0.05) is 7.05 Å². The molecule has 0 saturated carbocycles. The van der Waals surface area contributed by atoms with Crippen molar-refractivity contribution in [3.05, 3.63) is 0 Å². The van der Waals surface area contributed by atoms with E-state index in [4.69, 9.17) is 0 Å². The highest BCUT2D eigenvalue weighted by molar-refractivity contribution is 7.80. The van der Waals surface area contributed by atoms with E-state index in [1.807, 2.05) is 6.92 Å². The summed E-state index contributed by atoms with van der Waals surface area (Å²) in [6.07, 6.45) is 0.469. The summed E-state index contributed by atoms with van der Waals surface area (Å²) in [6, 6.07) is 0. The molecule has 0 radical (unpaired) electrons. The molecule has 0 bridgehead atoms. The highest BCUT2D eigenvalue weighted by Gasteiger charge is 2.13. The summed E-state index contributed by atoms with van der Waals surface area (Å²) in [5, 5.41) is -0.0487. The Balaban J connectivity index is 3.81. The standard InChI is InChI=1S/C6H13NO2S/c1-4-5(10)7(2)6(8)9-3/h5,10H,4H2,1-3H3. The van der Waals surface area contributed by atoms with Crippen LogP contribution in [0.2, 0.25) is 0 Å². The van der Waals surface area contributed by atoms with Gasteiger partial charge in [-0.25, -0.2) is 4.79 Å². The van der Waals surface area contributed by atoms with Crippen LogP contribution < -0.4 is 0 Å². The number of methoxy groups -OCH3 is 1. The van der Waals surface area contributed by atoms with Gasteiger partial charge in [0.25, 0.3) is 0 Å². The molecule has 1 unspecified atom stereocenters. The molecule has 0 aromatic heterocycles. The maximum atomic E-state index is 10.8. The molecule has 0 aromatic rings. The monoisotopic (exact) mass is 163 g/mol. The number of hydrogen-bond donors (Lipinski definition) is 1. The quantitative estimate of drug-likeness (QED) is 0.492. The lowest BCUT2D eigenvalue weighted by Gasteiger charge is -2.20. The smallest absolute Gasteiger partial charge is 0.410 e. The van der Waals surface area contributed by atoms with Crippen LogP contribution in [0.25, 0.3) is 0 Å². The number of carbonyl (C=O) groups is 1. The second-order valence-corrected chi connectivity index (χ2v) is 2.57. The summed E-state index contributed by atoms with van der Waals surface area (Å²) in [4.78, 5) is 12.2. The molecule has 60 valence electrons. The Bertz CT molecular complexity index is 118. The van der Waals surface area contributed by atoms with E-state index in [1.54, 1.807) is 7.05 Å². The molecule has 0 saturated heterocycles. The lowest BCUT2D eigenvalue weighted by molar-refractivity contribution is 0.129. The van der Waals surface area contributed by atoms with Crippen LogP contribution >= 0.6 is 12.6 Å². The molecule has 0 rings (SSSR count). The number of thiol groups is 1. The van der Waals surface area contributed by atoms with Gasteiger partial charge in [-0.05, 0) is 6.42 Å². The van der Waals surface area contributed by atoms with Crippen molar-refractivity contribution >= 4 is 18.7 Å². The van der Waals surface area contributed by atoms with Gasteiger partial charge in [-0.3, -0.25) is 4.90 Å². The summed E-state index contributed by atoms with van der Waals surface area (Å²) in [5.74, 6) is 0. The fraction of sp³-hybridized carbons (Fsp3) is 0.833. The Morgan fingerprint density at radius 2 is 2.30 bits per heavy atom. The van der Waals surface area contributed by atoms with Crippen molar-refractivity contribution < 1.29 is 9.53 Å². The zero-order valence-electron chi connectivity index (χ0n) is 6.50. The van der Waals surface area contributed by atoms with E-state index in [0.717, 1.165) is 6.42 Å². The molecule has 1 atom stereocenters. The van der Waals surface area contributed by atoms with Gasteiger partial charge in [-0.1, -0.05) is 6.92 Å². The Hall–Kier alpha value is -0.380. The van der Waals surface area contributed by atoms with Crippen molar-refractivity contribution in [1.29, 1.82) is 0 Å². The molecule has 0 aliphatic carbocycles. The van der Waals surface area contributed by atoms with Crippen molar-refractivity contribution in [2.45, 2.75) is 18.7 Å². The second kappa shape index (κ2) is 4.44. The molecule has 0 N–H and O–H groups in total. The predicted molar refractivity (Wildman–Crippen MR) is 43.2 cm³/mol. The maximum Gasteiger partial charge on any atom is 0.410 e. The summed E-state index contributed by atoms with van der Waals surface area (Å²) < 4.78 is 4.47. The summed E-state index contributed by atoms with van der Waals surface area (Å²) >= 11 is 4.14.